The maximum absolute atomic E-state index is 13.2. The van der Waals surface area contributed by atoms with Crippen molar-refractivity contribution in [3.63, 3.8) is 0 Å². The summed E-state index contributed by atoms with van der Waals surface area (Å²) in [7, 11) is 1.81. The number of hydrogen-bond donors (Lipinski definition) is 0. The fraction of sp³-hybridized carbons (Fsp3) is 0.455. The van der Waals surface area contributed by atoms with Gasteiger partial charge in [-0.05, 0) is 18.1 Å². The Hall–Kier alpha value is -1.25. The van der Waals surface area contributed by atoms with Crippen LogP contribution in [0.4, 0.5) is 4.39 Å². The summed E-state index contributed by atoms with van der Waals surface area (Å²) in [6.45, 7) is 5.89. The Morgan fingerprint density at radius 3 is 2.71 bits per heavy atom. The summed E-state index contributed by atoms with van der Waals surface area (Å²) in [6, 6.07) is 0. The maximum Gasteiger partial charge on any atom is 0.185 e. The summed E-state index contributed by atoms with van der Waals surface area (Å²) >= 11 is 0. The lowest BCUT2D eigenvalue weighted by Crippen LogP contribution is -2.14. The minimum absolute atomic E-state index is 0.0417. The highest BCUT2D eigenvalue weighted by molar-refractivity contribution is 6.11. The van der Waals surface area contributed by atoms with Crippen molar-refractivity contribution in [1.29, 1.82) is 0 Å². The second-order valence-electron chi connectivity index (χ2n) is 3.14. The summed E-state index contributed by atoms with van der Waals surface area (Å²) in [5.41, 5.74) is 1.49. The molecule has 0 saturated carbocycles. The van der Waals surface area contributed by atoms with Gasteiger partial charge in [-0.3, -0.25) is 0 Å². The Morgan fingerprint density at radius 1 is 1.43 bits per heavy atom. The lowest BCUT2D eigenvalue weighted by atomic mass is 9.96. The van der Waals surface area contributed by atoms with E-state index in [9.17, 15) is 4.39 Å². The van der Waals surface area contributed by atoms with Gasteiger partial charge in [0.2, 0.25) is 0 Å². The van der Waals surface area contributed by atoms with Crippen LogP contribution in [0.1, 0.15) is 20.8 Å². The van der Waals surface area contributed by atoms with Gasteiger partial charge in [0.15, 0.2) is 24.8 Å². The fourth-order valence-corrected chi connectivity index (χ4v) is 1.51. The number of hydrazone groups is 1. The molecule has 1 atom stereocenters. The molecule has 2 rings (SSSR count). The predicted molar refractivity (Wildman–Crippen MR) is 57.5 cm³/mol. The summed E-state index contributed by atoms with van der Waals surface area (Å²) in [6.07, 6.45) is 5.42. The van der Waals surface area contributed by atoms with Crippen molar-refractivity contribution in [3.8, 4) is 0 Å². The summed E-state index contributed by atoms with van der Waals surface area (Å²) in [5.74, 6) is -0.166. The third-order valence-electron chi connectivity index (χ3n) is 2.00. The Bertz CT molecular complexity index is 348. The van der Waals surface area contributed by atoms with Crippen LogP contribution in [0, 0.1) is 5.92 Å². The van der Waals surface area contributed by atoms with E-state index in [1.807, 2.05) is 40.1 Å². The highest BCUT2D eigenvalue weighted by Gasteiger charge is 2.30. The largest absolute Gasteiger partial charge is 0.205 e. The molecule has 14 heavy (non-hydrogen) atoms. The molecule has 0 aromatic rings. The molecule has 3 heteroatoms. The first-order chi connectivity index (χ1) is 6.66. The number of fused-ring (bicyclic) bond motifs is 1. The van der Waals surface area contributed by atoms with Gasteiger partial charge in [-0.25, -0.2) is 4.39 Å². The number of hydrogen-bond acceptors (Lipinski definition) is 1. The molecule has 0 spiro atoms. The van der Waals surface area contributed by atoms with E-state index >= 15 is 0 Å². The zero-order valence-electron chi connectivity index (χ0n) is 9.08. The van der Waals surface area contributed by atoms with Crippen LogP contribution in [0.3, 0.4) is 0 Å². The molecule has 0 radical (unpaired) electrons. The number of halogens is 1. The van der Waals surface area contributed by atoms with Gasteiger partial charge in [-0.2, -0.15) is 0 Å². The van der Waals surface area contributed by atoms with Crippen LogP contribution in [-0.2, 0) is 0 Å². The lowest BCUT2D eigenvalue weighted by molar-refractivity contribution is -0.495. The van der Waals surface area contributed by atoms with Gasteiger partial charge in [0.05, 0.1) is 0 Å². The smallest absolute Gasteiger partial charge is 0.185 e. The van der Waals surface area contributed by atoms with Crippen LogP contribution in [0.25, 0.3) is 0 Å². The van der Waals surface area contributed by atoms with Crippen molar-refractivity contribution in [2.45, 2.75) is 20.8 Å². The van der Waals surface area contributed by atoms with E-state index in [0.717, 1.165) is 5.57 Å². The lowest BCUT2D eigenvalue weighted by Gasteiger charge is -2.06. The van der Waals surface area contributed by atoms with Crippen molar-refractivity contribution in [1.82, 2.24) is 0 Å². The van der Waals surface area contributed by atoms with Gasteiger partial charge < -0.3 is 0 Å². The molecule has 2 nitrogen and oxygen atoms in total. The molecule has 2 aliphatic rings. The van der Waals surface area contributed by atoms with E-state index in [0.29, 0.717) is 5.71 Å². The van der Waals surface area contributed by atoms with Gasteiger partial charge >= 0.3 is 0 Å². The molecule has 0 saturated heterocycles. The molecular formula is C11H16FN2+. The normalized spacial score (nSPS) is 23.6. The van der Waals surface area contributed by atoms with E-state index in [-0.39, 0.29) is 11.7 Å². The van der Waals surface area contributed by atoms with E-state index in [2.05, 4.69) is 5.10 Å². The minimum Gasteiger partial charge on any atom is -0.205 e. The van der Waals surface area contributed by atoms with Crippen molar-refractivity contribution < 1.29 is 9.07 Å². The van der Waals surface area contributed by atoms with Gasteiger partial charge in [0, 0.05) is 0 Å². The summed E-state index contributed by atoms with van der Waals surface area (Å²) in [5, 5.41) is 4.03. The second kappa shape index (κ2) is 4.31. The topological polar surface area (TPSA) is 15.4 Å². The number of nitrogens with zero attached hydrogens (tertiary/aromatic N) is 2. The predicted octanol–water partition coefficient (Wildman–Crippen LogP) is 2.52. The van der Waals surface area contributed by atoms with Crippen LogP contribution in [0.15, 0.2) is 28.7 Å². The van der Waals surface area contributed by atoms with Gasteiger partial charge in [-0.1, -0.05) is 30.2 Å². The maximum atomic E-state index is 13.2. The number of rotatable bonds is 0. The first-order valence-corrected chi connectivity index (χ1v) is 4.89. The second-order valence-corrected chi connectivity index (χ2v) is 3.14. The summed E-state index contributed by atoms with van der Waals surface area (Å²) in [4.78, 5) is 0. The van der Waals surface area contributed by atoms with Crippen molar-refractivity contribution in [2.75, 3.05) is 7.05 Å². The molecular weight excluding hydrogens is 179 g/mol. The molecule has 1 heterocycles. The molecule has 0 aromatic heterocycles. The van der Waals surface area contributed by atoms with Gasteiger partial charge in [-0.15, -0.1) is 0 Å². The standard InChI is InChI=1S/C9H10FN2.C2H6/c1-6-3-7-5-12(2)11-9(7)8(10)4-6;1-2/h3-5,7H,1-2H3;1-2H3/q+1;. The molecule has 0 amide bonds. The average molecular weight is 195 g/mol. The average Bonchev–Trinajstić information content (AvgIpc) is 2.49. The van der Waals surface area contributed by atoms with Crippen LogP contribution >= 0.6 is 0 Å². The third kappa shape index (κ3) is 1.97. The van der Waals surface area contributed by atoms with E-state index in [1.54, 1.807) is 4.68 Å². The van der Waals surface area contributed by atoms with Gasteiger partial charge in [0.25, 0.3) is 0 Å². The molecule has 0 aromatic carbocycles. The SMILES string of the molecule is CC.CC1=CC2C=[N+](C)N=C2C(F)=C1. The highest BCUT2D eigenvalue weighted by atomic mass is 19.1. The molecule has 76 valence electrons. The zero-order chi connectivity index (χ0) is 10.7. The van der Waals surface area contributed by atoms with E-state index < -0.39 is 0 Å². The molecule has 1 unspecified atom stereocenters. The fourth-order valence-electron chi connectivity index (χ4n) is 1.51. The van der Waals surface area contributed by atoms with Crippen molar-refractivity contribution in [2.24, 2.45) is 11.0 Å². The first-order valence-electron chi connectivity index (χ1n) is 4.89. The third-order valence-corrected chi connectivity index (χ3v) is 2.00. The Balaban J connectivity index is 0.000000461. The molecule has 1 aliphatic heterocycles. The van der Waals surface area contributed by atoms with E-state index in [1.165, 1.54) is 6.08 Å². The van der Waals surface area contributed by atoms with Crippen LogP contribution in [-0.4, -0.2) is 23.7 Å². The van der Waals surface area contributed by atoms with E-state index in [4.69, 9.17) is 0 Å². The monoisotopic (exact) mass is 195 g/mol. The molecule has 0 N–H and O–H groups in total. The first kappa shape index (κ1) is 10.8. The Kier molecular flexibility index (Phi) is 3.33. The summed E-state index contributed by atoms with van der Waals surface area (Å²) < 4.78 is 14.9. The minimum atomic E-state index is -0.208. The Labute approximate surface area is 84.1 Å². The van der Waals surface area contributed by atoms with Crippen molar-refractivity contribution in [3.05, 3.63) is 23.6 Å². The van der Waals surface area contributed by atoms with Crippen molar-refractivity contribution >= 4 is 11.9 Å². The molecule has 0 bridgehead atoms. The zero-order valence-corrected chi connectivity index (χ0v) is 9.08. The Morgan fingerprint density at radius 2 is 2.07 bits per heavy atom. The molecule has 1 aliphatic carbocycles. The quantitative estimate of drug-likeness (QED) is 0.528. The van der Waals surface area contributed by atoms with Gasteiger partial charge in [0.1, 0.15) is 5.92 Å². The van der Waals surface area contributed by atoms with Crippen LogP contribution in [0.2, 0.25) is 0 Å². The van der Waals surface area contributed by atoms with Crippen LogP contribution < -0.4 is 0 Å². The highest BCUT2D eigenvalue weighted by Crippen LogP contribution is 2.22. The van der Waals surface area contributed by atoms with Crippen LogP contribution in [0.5, 0.6) is 0 Å². The number of allylic oxidation sites excluding steroid dienone is 4. The molecule has 0 fully saturated rings.